The number of aromatic nitrogens is 1. The monoisotopic (exact) mass is 484 g/mol. The molecule has 1 heterocycles. The van der Waals surface area contributed by atoms with Gasteiger partial charge in [-0.1, -0.05) is 36.4 Å². The number of rotatable bonds is 8. The van der Waals surface area contributed by atoms with Crippen molar-refractivity contribution in [1.29, 1.82) is 0 Å². The lowest BCUT2D eigenvalue weighted by Gasteiger charge is -2.19. The van der Waals surface area contributed by atoms with Crippen LogP contribution in [0.3, 0.4) is 0 Å². The molecule has 0 fully saturated rings. The molecule has 2 aromatic carbocycles. The molecule has 8 nitrogen and oxygen atoms in total. The van der Waals surface area contributed by atoms with E-state index in [9.17, 15) is 14.4 Å². The van der Waals surface area contributed by atoms with Crippen molar-refractivity contribution in [3.8, 4) is 11.1 Å². The standard InChI is InChI=1S/C16H15N3OS.C9H17NO3/c1-17-19-15(20)10-16-18-13-8-7-12(9-14(13)21-16)11-5-3-2-4-6-11;1-9(2,3)13-8(12)10-6-4-5-7-11/h2-9,17H,10H2,1H3,(H,19,20);7H,4-6H2,1-3H3,(H,10,12). The van der Waals surface area contributed by atoms with Gasteiger partial charge in [0.15, 0.2) is 0 Å². The van der Waals surface area contributed by atoms with Gasteiger partial charge in [-0.25, -0.2) is 15.2 Å². The van der Waals surface area contributed by atoms with E-state index in [4.69, 9.17) is 4.74 Å². The summed E-state index contributed by atoms with van der Waals surface area (Å²) in [5.41, 5.74) is 8.00. The molecule has 0 bridgehead atoms. The Hall–Kier alpha value is -3.30. The van der Waals surface area contributed by atoms with E-state index in [1.165, 1.54) is 5.56 Å². The van der Waals surface area contributed by atoms with Crippen molar-refractivity contribution in [2.45, 2.75) is 45.6 Å². The van der Waals surface area contributed by atoms with Crippen molar-refractivity contribution >= 4 is 39.8 Å². The van der Waals surface area contributed by atoms with Crippen LogP contribution in [0, 0.1) is 0 Å². The fraction of sp³-hybridized carbons (Fsp3) is 0.360. The van der Waals surface area contributed by atoms with E-state index >= 15 is 0 Å². The Balaban J connectivity index is 0.000000273. The van der Waals surface area contributed by atoms with E-state index in [2.05, 4.69) is 45.4 Å². The van der Waals surface area contributed by atoms with Crippen LogP contribution in [0.5, 0.6) is 0 Å². The zero-order valence-corrected chi connectivity index (χ0v) is 20.8. The number of hydrogen-bond acceptors (Lipinski definition) is 7. The highest BCUT2D eigenvalue weighted by atomic mass is 32.1. The van der Waals surface area contributed by atoms with Crippen molar-refractivity contribution in [2.75, 3.05) is 13.6 Å². The highest BCUT2D eigenvalue weighted by molar-refractivity contribution is 7.18. The zero-order chi connectivity index (χ0) is 25.0. The van der Waals surface area contributed by atoms with Gasteiger partial charge in [-0.05, 0) is 50.5 Å². The summed E-state index contributed by atoms with van der Waals surface area (Å²) in [6, 6.07) is 16.4. The number of hydrazine groups is 1. The van der Waals surface area contributed by atoms with Crippen molar-refractivity contribution in [3.05, 3.63) is 53.5 Å². The minimum Gasteiger partial charge on any atom is -0.444 e. The molecule has 2 amide bonds. The van der Waals surface area contributed by atoms with Gasteiger partial charge in [-0.2, -0.15) is 0 Å². The molecule has 0 saturated carbocycles. The van der Waals surface area contributed by atoms with Crippen molar-refractivity contribution < 1.29 is 19.1 Å². The largest absolute Gasteiger partial charge is 0.444 e. The topological polar surface area (TPSA) is 109 Å². The average molecular weight is 485 g/mol. The second kappa shape index (κ2) is 13.4. The Labute approximate surface area is 204 Å². The Morgan fingerprint density at radius 3 is 2.47 bits per heavy atom. The van der Waals surface area contributed by atoms with Gasteiger partial charge in [-0.15, -0.1) is 11.3 Å². The number of benzene rings is 2. The number of carbonyl (C=O) groups excluding carboxylic acids is 3. The second-order valence-corrected chi connectivity index (χ2v) is 9.48. The Bertz CT molecular complexity index is 1080. The first-order chi connectivity index (χ1) is 16.2. The normalized spacial score (nSPS) is 10.7. The van der Waals surface area contributed by atoms with Gasteiger partial charge in [0.2, 0.25) is 5.91 Å². The Morgan fingerprint density at radius 1 is 1.09 bits per heavy atom. The molecule has 3 aromatic rings. The van der Waals surface area contributed by atoms with Crippen LogP contribution in [0.15, 0.2) is 48.5 Å². The van der Waals surface area contributed by atoms with Crippen LogP contribution in [0.2, 0.25) is 0 Å². The van der Waals surface area contributed by atoms with Gasteiger partial charge >= 0.3 is 6.09 Å². The molecule has 9 heteroatoms. The fourth-order valence-electron chi connectivity index (χ4n) is 2.87. The van der Waals surface area contributed by atoms with E-state index in [-0.39, 0.29) is 5.91 Å². The number of amides is 2. The summed E-state index contributed by atoms with van der Waals surface area (Å²) in [6.07, 6.45) is 1.81. The van der Waals surface area contributed by atoms with E-state index in [1.807, 2.05) is 24.3 Å². The summed E-state index contributed by atoms with van der Waals surface area (Å²) >= 11 is 1.56. The zero-order valence-electron chi connectivity index (χ0n) is 20.0. The molecule has 0 saturated heterocycles. The van der Waals surface area contributed by atoms with Crippen LogP contribution >= 0.6 is 11.3 Å². The second-order valence-electron chi connectivity index (χ2n) is 8.37. The maximum Gasteiger partial charge on any atom is 0.407 e. The number of nitrogens with one attached hydrogen (secondary N) is 3. The third-order valence-electron chi connectivity index (χ3n) is 4.28. The average Bonchev–Trinajstić information content (AvgIpc) is 3.18. The van der Waals surface area contributed by atoms with Crippen molar-refractivity contribution in [1.82, 2.24) is 21.2 Å². The molecule has 3 N–H and O–H groups in total. The van der Waals surface area contributed by atoms with E-state index < -0.39 is 11.7 Å². The molecule has 0 radical (unpaired) electrons. The molecule has 0 aliphatic rings. The summed E-state index contributed by atoms with van der Waals surface area (Å²) in [5, 5.41) is 3.38. The molecule has 0 unspecified atom stereocenters. The number of aldehydes is 1. The quantitative estimate of drug-likeness (QED) is 0.251. The molecule has 182 valence electrons. The first kappa shape index (κ1) is 26.9. The summed E-state index contributed by atoms with van der Waals surface area (Å²) in [5.74, 6) is -0.0835. The third-order valence-corrected chi connectivity index (χ3v) is 5.30. The van der Waals surface area contributed by atoms with Crippen LogP contribution in [0.25, 0.3) is 21.3 Å². The molecular weight excluding hydrogens is 452 g/mol. The highest BCUT2D eigenvalue weighted by Gasteiger charge is 2.15. The maximum atomic E-state index is 11.6. The Kier molecular flexibility index (Phi) is 10.6. The van der Waals surface area contributed by atoms with Crippen LogP contribution in [0.4, 0.5) is 4.79 Å². The van der Waals surface area contributed by atoms with Gasteiger partial charge in [0.1, 0.15) is 16.9 Å². The van der Waals surface area contributed by atoms with Crippen molar-refractivity contribution in [3.63, 3.8) is 0 Å². The lowest BCUT2D eigenvalue weighted by molar-refractivity contribution is -0.121. The van der Waals surface area contributed by atoms with Gasteiger partial charge in [-0.3, -0.25) is 10.2 Å². The number of thiazole rings is 1. The lowest BCUT2D eigenvalue weighted by atomic mass is 10.1. The summed E-state index contributed by atoms with van der Waals surface area (Å²) < 4.78 is 6.08. The molecule has 0 atom stereocenters. The van der Waals surface area contributed by atoms with E-state index in [0.717, 1.165) is 27.1 Å². The van der Waals surface area contributed by atoms with Gasteiger partial charge in [0, 0.05) is 20.0 Å². The molecule has 3 rings (SSSR count). The molecular formula is C25H32N4O4S. The minimum atomic E-state index is -0.464. The lowest BCUT2D eigenvalue weighted by Crippen LogP contribution is -2.35. The van der Waals surface area contributed by atoms with Gasteiger partial charge in [0.25, 0.3) is 0 Å². The SMILES string of the molecule is CC(C)(C)OC(=O)NCCCC=O.CNNC(=O)Cc1nc2ccc(-c3ccccc3)cc2s1. The van der Waals surface area contributed by atoms with Crippen LogP contribution in [0.1, 0.15) is 38.6 Å². The summed E-state index contributed by atoms with van der Waals surface area (Å²) in [6.45, 7) is 5.89. The smallest absolute Gasteiger partial charge is 0.407 e. The number of carbonyl (C=O) groups is 3. The maximum absolute atomic E-state index is 11.6. The predicted molar refractivity (Wildman–Crippen MR) is 135 cm³/mol. The number of alkyl carbamates (subject to hydrolysis) is 1. The number of nitrogens with zero attached hydrogens (tertiary/aromatic N) is 1. The summed E-state index contributed by atoms with van der Waals surface area (Å²) in [4.78, 5) is 37.0. The first-order valence-electron chi connectivity index (χ1n) is 11.0. The Morgan fingerprint density at radius 2 is 1.82 bits per heavy atom. The number of ether oxygens (including phenoxy) is 1. The number of fused-ring (bicyclic) bond motifs is 1. The molecule has 0 spiro atoms. The van der Waals surface area contributed by atoms with Gasteiger partial charge in [0.05, 0.1) is 16.6 Å². The fourth-order valence-corrected chi connectivity index (χ4v) is 3.87. The molecule has 1 aromatic heterocycles. The molecule has 34 heavy (non-hydrogen) atoms. The molecule has 0 aliphatic heterocycles. The number of unbranched alkanes of at least 4 members (excludes halogenated alkanes) is 1. The van der Waals surface area contributed by atoms with Crippen LogP contribution < -0.4 is 16.2 Å². The van der Waals surface area contributed by atoms with Crippen LogP contribution in [-0.2, 0) is 20.7 Å². The minimum absolute atomic E-state index is 0.0835. The van der Waals surface area contributed by atoms with Gasteiger partial charge < -0.3 is 14.8 Å². The van der Waals surface area contributed by atoms with E-state index in [0.29, 0.717) is 25.8 Å². The predicted octanol–water partition coefficient (Wildman–Crippen LogP) is 4.25. The van der Waals surface area contributed by atoms with Crippen LogP contribution in [-0.4, -0.2) is 42.5 Å². The van der Waals surface area contributed by atoms with E-state index in [1.54, 1.807) is 39.2 Å². The van der Waals surface area contributed by atoms with Crippen molar-refractivity contribution in [2.24, 2.45) is 0 Å². The number of hydrogen-bond donors (Lipinski definition) is 3. The third kappa shape index (κ3) is 9.68. The first-order valence-corrected chi connectivity index (χ1v) is 11.8. The summed E-state index contributed by atoms with van der Waals surface area (Å²) in [7, 11) is 1.67. The molecule has 0 aliphatic carbocycles. The highest BCUT2D eigenvalue weighted by Crippen LogP contribution is 2.28.